The Morgan fingerprint density at radius 1 is 1.17 bits per heavy atom. The molecular formula is C20H16FN3O4S. The Labute approximate surface area is 168 Å². The molecule has 2 N–H and O–H groups in total. The predicted molar refractivity (Wildman–Crippen MR) is 106 cm³/mol. The molecule has 1 aromatic heterocycles. The van der Waals surface area contributed by atoms with Gasteiger partial charge in [-0.1, -0.05) is 30.3 Å². The Bertz CT molecular complexity index is 1080. The first-order valence-electron chi connectivity index (χ1n) is 8.66. The van der Waals surface area contributed by atoms with Gasteiger partial charge in [0.15, 0.2) is 5.82 Å². The normalized spacial score (nSPS) is 16.0. The van der Waals surface area contributed by atoms with Crippen molar-refractivity contribution in [3.8, 4) is 22.8 Å². The minimum atomic E-state index is -1.95. The number of aromatic nitrogens is 1. The number of nitrogens with zero attached hydrogens (tertiary/aromatic N) is 2. The molecule has 2 aromatic carbocycles. The molecule has 0 saturated carbocycles. The molecule has 4 rings (SSSR count). The molecule has 0 spiro atoms. The van der Waals surface area contributed by atoms with Crippen molar-refractivity contribution in [2.75, 3.05) is 10.8 Å². The highest BCUT2D eigenvalue weighted by Gasteiger charge is 2.32. The molecule has 1 saturated heterocycles. The van der Waals surface area contributed by atoms with E-state index < -0.39 is 28.6 Å². The Hall–Kier alpha value is -3.46. The van der Waals surface area contributed by atoms with Crippen LogP contribution < -0.4 is 13.8 Å². The van der Waals surface area contributed by atoms with Gasteiger partial charge in [0.1, 0.15) is 24.6 Å². The topological polar surface area (TPSA) is 91.8 Å². The van der Waals surface area contributed by atoms with Crippen LogP contribution in [0.25, 0.3) is 11.1 Å². The van der Waals surface area contributed by atoms with Crippen molar-refractivity contribution < 1.29 is 23.2 Å². The number of carbonyl (C=O) groups is 1. The zero-order valence-electron chi connectivity index (χ0n) is 15.0. The number of phenols is 1. The van der Waals surface area contributed by atoms with Gasteiger partial charge in [-0.15, -0.1) is 0 Å². The van der Waals surface area contributed by atoms with E-state index in [2.05, 4.69) is 9.71 Å². The lowest BCUT2D eigenvalue weighted by Crippen LogP contribution is -2.23. The van der Waals surface area contributed by atoms with E-state index in [1.807, 2.05) is 30.3 Å². The lowest BCUT2D eigenvalue weighted by atomic mass is 10.1. The van der Waals surface area contributed by atoms with Gasteiger partial charge in [-0.25, -0.2) is 13.6 Å². The molecule has 3 aromatic rings. The van der Waals surface area contributed by atoms with E-state index in [9.17, 15) is 14.1 Å². The lowest BCUT2D eigenvalue weighted by molar-refractivity contribution is -0.117. The molecule has 1 aliphatic rings. The van der Waals surface area contributed by atoms with Gasteiger partial charge in [-0.2, -0.15) is 0 Å². The van der Waals surface area contributed by atoms with E-state index in [-0.39, 0.29) is 17.8 Å². The summed E-state index contributed by atoms with van der Waals surface area (Å²) in [5, 5.41) is 10.1. The van der Waals surface area contributed by atoms with E-state index in [1.165, 1.54) is 18.3 Å². The minimum absolute atomic E-state index is 0.149. The number of phenolic OH excluding ortho intramolecular Hbond substituents is 1. The molecule has 2 heterocycles. The third kappa shape index (κ3) is 3.90. The SMILES string of the molecule is O=C1CN(c2c(O)ccc(-c3ccc(OCc4ccccc4)nc3)c2F)S(=O)N1. The molecule has 148 valence electrons. The summed E-state index contributed by atoms with van der Waals surface area (Å²) in [6.07, 6.45) is 1.45. The van der Waals surface area contributed by atoms with Gasteiger partial charge in [-0.05, 0) is 23.8 Å². The maximum Gasteiger partial charge on any atom is 0.253 e. The summed E-state index contributed by atoms with van der Waals surface area (Å²) in [6, 6.07) is 15.5. The van der Waals surface area contributed by atoms with Crippen LogP contribution in [-0.2, 0) is 22.6 Å². The van der Waals surface area contributed by atoms with Crippen LogP contribution in [0.1, 0.15) is 5.56 Å². The van der Waals surface area contributed by atoms with Crippen molar-refractivity contribution in [1.29, 1.82) is 0 Å². The van der Waals surface area contributed by atoms with E-state index in [0.29, 0.717) is 18.1 Å². The highest BCUT2D eigenvalue weighted by Crippen LogP contribution is 2.38. The van der Waals surface area contributed by atoms with Crippen molar-refractivity contribution in [3.63, 3.8) is 0 Å². The summed E-state index contributed by atoms with van der Waals surface area (Å²) in [5.74, 6) is -1.34. The van der Waals surface area contributed by atoms with Crippen LogP contribution in [0.2, 0.25) is 0 Å². The Morgan fingerprint density at radius 2 is 1.97 bits per heavy atom. The molecule has 29 heavy (non-hydrogen) atoms. The second kappa shape index (κ2) is 7.88. The van der Waals surface area contributed by atoms with Crippen molar-refractivity contribution in [2.24, 2.45) is 0 Å². The average molecular weight is 413 g/mol. The molecule has 0 radical (unpaired) electrons. The third-order valence-corrected chi connectivity index (χ3v) is 5.42. The number of ether oxygens (including phenoxy) is 1. The molecule has 7 nitrogen and oxygen atoms in total. The Balaban J connectivity index is 1.58. The van der Waals surface area contributed by atoms with Crippen molar-refractivity contribution >= 4 is 22.8 Å². The molecule has 1 aliphatic heterocycles. The standard InChI is InChI=1S/C20H16FN3O4S/c21-19-15(7-8-16(25)20(19)24-11-17(26)23-29(24)27)14-6-9-18(22-10-14)28-12-13-4-2-1-3-5-13/h1-10,25H,11-12H2,(H,23,26). The molecular weight excluding hydrogens is 397 g/mol. The fourth-order valence-electron chi connectivity index (χ4n) is 2.91. The van der Waals surface area contributed by atoms with Crippen LogP contribution in [-0.4, -0.2) is 26.8 Å². The average Bonchev–Trinajstić information content (AvgIpc) is 3.05. The number of aromatic hydroxyl groups is 1. The lowest BCUT2D eigenvalue weighted by Gasteiger charge is -2.18. The van der Waals surface area contributed by atoms with Gasteiger partial charge in [0.25, 0.3) is 5.91 Å². The summed E-state index contributed by atoms with van der Waals surface area (Å²) >= 11 is -1.95. The predicted octanol–water partition coefficient (Wildman–Crippen LogP) is 2.69. The summed E-state index contributed by atoms with van der Waals surface area (Å²) < 4.78 is 35.8. The number of nitrogens with one attached hydrogen (secondary N) is 1. The van der Waals surface area contributed by atoms with E-state index in [1.54, 1.807) is 12.1 Å². The van der Waals surface area contributed by atoms with E-state index in [4.69, 9.17) is 4.74 Å². The maximum absolute atomic E-state index is 15.1. The largest absolute Gasteiger partial charge is 0.506 e. The molecule has 9 heteroatoms. The first kappa shape index (κ1) is 18.9. The smallest absolute Gasteiger partial charge is 0.253 e. The molecule has 0 aliphatic carbocycles. The number of pyridine rings is 1. The summed E-state index contributed by atoms with van der Waals surface area (Å²) in [5.41, 5.74) is 1.29. The van der Waals surface area contributed by atoms with Gasteiger partial charge in [-0.3, -0.25) is 13.8 Å². The van der Waals surface area contributed by atoms with Gasteiger partial charge in [0.05, 0.1) is 0 Å². The van der Waals surface area contributed by atoms with Crippen molar-refractivity contribution in [3.05, 3.63) is 72.2 Å². The molecule has 1 amide bonds. The molecule has 1 unspecified atom stereocenters. The Morgan fingerprint density at radius 3 is 2.62 bits per heavy atom. The fourth-order valence-corrected chi connectivity index (χ4v) is 3.85. The number of halogens is 1. The number of hydrogen-bond donors (Lipinski definition) is 2. The minimum Gasteiger partial charge on any atom is -0.506 e. The van der Waals surface area contributed by atoms with Crippen LogP contribution in [0.4, 0.5) is 10.1 Å². The zero-order valence-corrected chi connectivity index (χ0v) is 15.9. The van der Waals surface area contributed by atoms with Crippen LogP contribution in [0.5, 0.6) is 11.6 Å². The number of benzene rings is 2. The fraction of sp³-hybridized carbons (Fsp3) is 0.100. The number of rotatable bonds is 5. The molecule has 1 atom stereocenters. The monoisotopic (exact) mass is 413 g/mol. The second-order valence-corrected chi connectivity index (χ2v) is 7.41. The quantitative estimate of drug-likeness (QED) is 0.671. The number of carbonyl (C=O) groups excluding carboxylic acids is 1. The summed E-state index contributed by atoms with van der Waals surface area (Å²) in [7, 11) is 0. The van der Waals surface area contributed by atoms with Crippen molar-refractivity contribution in [1.82, 2.24) is 9.71 Å². The first-order valence-corrected chi connectivity index (χ1v) is 9.77. The summed E-state index contributed by atoms with van der Waals surface area (Å²) in [4.78, 5) is 15.6. The third-order valence-electron chi connectivity index (χ3n) is 4.31. The zero-order chi connectivity index (χ0) is 20.4. The molecule has 0 bridgehead atoms. The first-order chi connectivity index (χ1) is 14.0. The van der Waals surface area contributed by atoms with Gasteiger partial charge in [0.2, 0.25) is 17.1 Å². The molecule has 1 fully saturated rings. The number of anilines is 1. The van der Waals surface area contributed by atoms with Crippen LogP contribution >= 0.6 is 0 Å². The Kier molecular flexibility index (Phi) is 5.13. The van der Waals surface area contributed by atoms with Crippen LogP contribution in [0, 0.1) is 5.82 Å². The van der Waals surface area contributed by atoms with E-state index >= 15 is 4.39 Å². The highest BCUT2D eigenvalue weighted by atomic mass is 32.2. The number of amides is 1. The van der Waals surface area contributed by atoms with Gasteiger partial charge >= 0.3 is 0 Å². The second-order valence-electron chi connectivity index (χ2n) is 6.27. The number of hydrogen-bond acceptors (Lipinski definition) is 5. The maximum atomic E-state index is 15.1. The van der Waals surface area contributed by atoms with Gasteiger partial charge < -0.3 is 9.84 Å². The van der Waals surface area contributed by atoms with Gasteiger partial charge in [0, 0.05) is 23.4 Å². The van der Waals surface area contributed by atoms with E-state index in [0.717, 1.165) is 9.87 Å². The van der Waals surface area contributed by atoms with Crippen molar-refractivity contribution in [2.45, 2.75) is 6.61 Å². The van der Waals surface area contributed by atoms with Crippen LogP contribution in [0.3, 0.4) is 0 Å². The highest BCUT2D eigenvalue weighted by molar-refractivity contribution is 7.85. The van der Waals surface area contributed by atoms with Crippen LogP contribution in [0.15, 0.2) is 60.8 Å². The summed E-state index contributed by atoms with van der Waals surface area (Å²) in [6.45, 7) is 0.0395.